The fourth-order valence-corrected chi connectivity index (χ4v) is 2.47. The lowest BCUT2D eigenvalue weighted by Crippen LogP contribution is -2.32. The average Bonchev–Trinajstić information content (AvgIpc) is 2.43. The number of hydrogen-bond acceptors (Lipinski definition) is 1. The zero-order chi connectivity index (χ0) is 15.0. The van der Waals surface area contributed by atoms with Gasteiger partial charge in [0.05, 0.1) is 10.7 Å². The van der Waals surface area contributed by atoms with Crippen molar-refractivity contribution in [3.8, 4) is 0 Å². The van der Waals surface area contributed by atoms with Gasteiger partial charge < -0.3 is 10.6 Å². The van der Waals surface area contributed by atoms with E-state index in [1.807, 2.05) is 0 Å². The average molecular weight is 333 g/mol. The summed E-state index contributed by atoms with van der Waals surface area (Å²) in [4.78, 5) is 0. The number of unbranched alkanes of at least 4 members (excludes halogenated alkanes) is 1. The van der Waals surface area contributed by atoms with Crippen LogP contribution < -0.4 is 10.6 Å². The van der Waals surface area contributed by atoms with Gasteiger partial charge in [0.25, 0.3) is 0 Å². The van der Waals surface area contributed by atoms with Gasteiger partial charge in [-0.15, -0.1) is 0 Å². The van der Waals surface area contributed by atoms with E-state index in [4.69, 9.17) is 35.4 Å². The van der Waals surface area contributed by atoms with Gasteiger partial charge in [0.15, 0.2) is 5.11 Å². The van der Waals surface area contributed by atoms with E-state index >= 15 is 0 Å². The van der Waals surface area contributed by atoms with Crippen LogP contribution in [0.5, 0.6) is 0 Å². The van der Waals surface area contributed by atoms with Crippen LogP contribution >= 0.6 is 35.4 Å². The first-order valence-corrected chi connectivity index (χ1v) is 8.23. The zero-order valence-corrected chi connectivity index (χ0v) is 14.3. The molecule has 0 aromatic heterocycles. The minimum Gasteiger partial charge on any atom is -0.362 e. The van der Waals surface area contributed by atoms with Crippen molar-refractivity contribution in [2.45, 2.75) is 39.5 Å². The van der Waals surface area contributed by atoms with E-state index in [2.05, 4.69) is 24.5 Å². The Bertz CT molecular complexity index is 438. The van der Waals surface area contributed by atoms with Crippen molar-refractivity contribution in [3.63, 3.8) is 0 Å². The number of rotatable bonds is 7. The van der Waals surface area contributed by atoms with Crippen molar-refractivity contribution in [3.05, 3.63) is 28.2 Å². The largest absolute Gasteiger partial charge is 0.362 e. The third-order valence-electron chi connectivity index (χ3n) is 3.27. The first-order chi connectivity index (χ1) is 9.56. The van der Waals surface area contributed by atoms with E-state index in [1.165, 1.54) is 19.3 Å². The minimum absolute atomic E-state index is 0.587. The van der Waals surface area contributed by atoms with Crippen molar-refractivity contribution in [2.24, 2.45) is 5.92 Å². The minimum atomic E-state index is 0.587. The molecule has 0 aliphatic rings. The molecule has 0 radical (unpaired) electrons. The van der Waals surface area contributed by atoms with Crippen LogP contribution in [0.3, 0.4) is 0 Å². The molecule has 0 fully saturated rings. The van der Waals surface area contributed by atoms with Gasteiger partial charge >= 0.3 is 0 Å². The fourth-order valence-electron chi connectivity index (χ4n) is 1.94. The Kier molecular flexibility index (Phi) is 8.27. The molecule has 2 N–H and O–H groups in total. The lowest BCUT2D eigenvalue weighted by Gasteiger charge is -2.17. The highest BCUT2D eigenvalue weighted by molar-refractivity contribution is 7.80. The quantitative estimate of drug-likeness (QED) is 0.645. The lowest BCUT2D eigenvalue weighted by molar-refractivity contribution is 0.446. The van der Waals surface area contributed by atoms with Crippen LogP contribution in [0.1, 0.15) is 39.5 Å². The summed E-state index contributed by atoms with van der Waals surface area (Å²) in [7, 11) is 0. The maximum absolute atomic E-state index is 6.09. The van der Waals surface area contributed by atoms with Crippen molar-refractivity contribution in [1.29, 1.82) is 0 Å². The summed E-state index contributed by atoms with van der Waals surface area (Å²) in [5, 5.41) is 8.18. The van der Waals surface area contributed by atoms with E-state index in [9.17, 15) is 0 Å². The number of thiocarbonyl (C=S) groups is 1. The number of nitrogens with one attached hydrogen (secondary N) is 2. The molecule has 0 aliphatic heterocycles. The van der Waals surface area contributed by atoms with E-state index in [-0.39, 0.29) is 0 Å². The molecule has 0 aliphatic carbocycles. The van der Waals surface area contributed by atoms with Gasteiger partial charge in [-0.2, -0.15) is 0 Å². The van der Waals surface area contributed by atoms with Crippen molar-refractivity contribution >= 4 is 46.2 Å². The summed E-state index contributed by atoms with van der Waals surface area (Å²) in [6, 6.07) is 5.28. The van der Waals surface area contributed by atoms with Gasteiger partial charge in [-0.25, -0.2) is 0 Å². The Morgan fingerprint density at radius 3 is 2.70 bits per heavy atom. The Labute approximate surface area is 137 Å². The molecular formula is C15H22Cl2N2S. The molecule has 20 heavy (non-hydrogen) atoms. The van der Waals surface area contributed by atoms with Gasteiger partial charge in [-0.05, 0) is 42.8 Å². The number of benzene rings is 1. The molecule has 1 atom stereocenters. The smallest absolute Gasteiger partial charge is 0.170 e. The molecule has 112 valence electrons. The predicted octanol–water partition coefficient (Wildman–Crippen LogP) is 5.50. The third kappa shape index (κ3) is 6.29. The van der Waals surface area contributed by atoms with Crippen LogP contribution in [0.15, 0.2) is 18.2 Å². The van der Waals surface area contributed by atoms with Gasteiger partial charge in [0, 0.05) is 11.6 Å². The molecule has 0 spiro atoms. The summed E-state index contributed by atoms with van der Waals surface area (Å²) in [5.41, 5.74) is 0.735. The molecule has 1 unspecified atom stereocenters. The van der Waals surface area contributed by atoms with Gasteiger partial charge in [-0.3, -0.25) is 0 Å². The summed E-state index contributed by atoms with van der Waals surface area (Å²) in [6.07, 6.45) is 4.89. The Morgan fingerprint density at radius 2 is 2.05 bits per heavy atom. The Morgan fingerprint density at radius 1 is 1.30 bits per heavy atom. The maximum Gasteiger partial charge on any atom is 0.170 e. The van der Waals surface area contributed by atoms with E-state index in [0.717, 1.165) is 18.7 Å². The van der Waals surface area contributed by atoms with Gasteiger partial charge in [0.1, 0.15) is 0 Å². The van der Waals surface area contributed by atoms with Crippen LogP contribution in [0.4, 0.5) is 5.69 Å². The highest BCUT2D eigenvalue weighted by Crippen LogP contribution is 2.25. The lowest BCUT2D eigenvalue weighted by atomic mass is 9.99. The second kappa shape index (κ2) is 9.43. The molecule has 0 saturated carbocycles. The van der Waals surface area contributed by atoms with Crippen molar-refractivity contribution < 1.29 is 0 Å². The summed E-state index contributed by atoms with van der Waals surface area (Å²) in [6.45, 7) is 5.32. The second-order valence-electron chi connectivity index (χ2n) is 4.88. The summed E-state index contributed by atoms with van der Waals surface area (Å²) < 4.78 is 0. The third-order valence-corrected chi connectivity index (χ3v) is 4.08. The highest BCUT2D eigenvalue weighted by atomic mass is 35.5. The van der Waals surface area contributed by atoms with Gasteiger partial charge in [-0.1, -0.05) is 56.3 Å². The molecule has 1 rings (SSSR count). The molecular weight excluding hydrogens is 311 g/mol. The van der Waals surface area contributed by atoms with E-state index in [1.54, 1.807) is 18.2 Å². The van der Waals surface area contributed by atoms with Crippen molar-refractivity contribution in [1.82, 2.24) is 5.32 Å². The normalized spacial score (nSPS) is 12.0. The van der Waals surface area contributed by atoms with Crippen LogP contribution in [0, 0.1) is 5.92 Å². The SMILES string of the molecule is CCCCC(CC)CNC(=S)Nc1cc(Cl)ccc1Cl. The molecule has 2 nitrogen and oxygen atoms in total. The summed E-state index contributed by atoms with van der Waals surface area (Å²) in [5.74, 6) is 0.657. The van der Waals surface area contributed by atoms with Crippen molar-refractivity contribution in [2.75, 3.05) is 11.9 Å². The molecule has 0 heterocycles. The maximum atomic E-state index is 6.09. The fraction of sp³-hybridized carbons (Fsp3) is 0.533. The first-order valence-electron chi connectivity index (χ1n) is 7.06. The molecule has 0 saturated heterocycles. The second-order valence-corrected chi connectivity index (χ2v) is 6.13. The van der Waals surface area contributed by atoms with Crippen LogP contribution in [0.25, 0.3) is 0 Å². The molecule has 1 aromatic carbocycles. The van der Waals surface area contributed by atoms with Crippen LogP contribution in [-0.2, 0) is 0 Å². The zero-order valence-electron chi connectivity index (χ0n) is 12.0. The topological polar surface area (TPSA) is 24.1 Å². The number of halogens is 2. The van der Waals surface area contributed by atoms with E-state index < -0.39 is 0 Å². The molecule has 1 aromatic rings. The van der Waals surface area contributed by atoms with Crippen LogP contribution in [0.2, 0.25) is 10.0 Å². The van der Waals surface area contributed by atoms with E-state index in [0.29, 0.717) is 21.1 Å². The Hall–Kier alpha value is -0.510. The first kappa shape index (κ1) is 17.5. The number of hydrogen-bond donors (Lipinski definition) is 2. The summed E-state index contributed by atoms with van der Waals surface area (Å²) >= 11 is 17.3. The molecule has 0 amide bonds. The number of anilines is 1. The Balaban J connectivity index is 2.45. The molecule has 0 bridgehead atoms. The highest BCUT2D eigenvalue weighted by Gasteiger charge is 2.08. The van der Waals surface area contributed by atoms with Gasteiger partial charge in [0.2, 0.25) is 0 Å². The van der Waals surface area contributed by atoms with Crippen LogP contribution in [-0.4, -0.2) is 11.7 Å². The molecule has 5 heteroatoms. The monoisotopic (exact) mass is 332 g/mol. The standard InChI is InChI=1S/C15H22Cl2N2S/c1-3-5-6-11(4-2)10-18-15(20)19-14-9-12(16)7-8-13(14)17/h7-9,11H,3-6,10H2,1-2H3,(H2,18,19,20). The predicted molar refractivity (Wildman–Crippen MR) is 94.0 cm³/mol.